The molecule has 0 N–H and O–H groups in total. The lowest BCUT2D eigenvalue weighted by molar-refractivity contribution is 0.144. The Morgan fingerprint density at radius 2 is 1.83 bits per heavy atom. The maximum absolute atomic E-state index is 2.70. The molecule has 1 saturated heterocycles. The van der Waals surface area contributed by atoms with Crippen LogP contribution in [0.2, 0.25) is 0 Å². The van der Waals surface area contributed by atoms with Gasteiger partial charge in [-0.2, -0.15) is 0 Å². The maximum atomic E-state index is 2.70. The SMILES string of the molecule is c1ccc(CCCN2CCC3(CCCc4sccc43)CC2)cc1. The fourth-order valence-electron chi connectivity index (χ4n) is 4.60. The van der Waals surface area contributed by atoms with E-state index in [2.05, 4.69) is 46.7 Å². The number of hydrogen-bond donors (Lipinski definition) is 0. The molecule has 122 valence electrons. The topological polar surface area (TPSA) is 3.24 Å². The largest absolute Gasteiger partial charge is 0.303 e. The van der Waals surface area contributed by atoms with Crippen molar-refractivity contribution in [2.24, 2.45) is 0 Å². The smallest absolute Gasteiger partial charge is 0.00828 e. The quantitative estimate of drug-likeness (QED) is 0.760. The van der Waals surface area contributed by atoms with Gasteiger partial charge in [-0.3, -0.25) is 0 Å². The van der Waals surface area contributed by atoms with Crippen LogP contribution >= 0.6 is 11.3 Å². The van der Waals surface area contributed by atoms with Crippen molar-refractivity contribution in [2.75, 3.05) is 19.6 Å². The molecule has 2 aliphatic rings. The third-order valence-corrected chi connectivity index (χ3v) is 6.95. The highest BCUT2D eigenvalue weighted by molar-refractivity contribution is 7.10. The second-order valence-corrected chi connectivity index (χ2v) is 8.32. The third-order valence-electron chi connectivity index (χ3n) is 5.97. The van der Waals surface area contributed by atoms with Gasteiger partial charge < -0.3 is 4.90 Å². The zero-order valence-electron chi connectivity index (χ0n) is 14.0. The van der Waals surface area contributed by atoms with Crippen LogP contribution < -0.4 is 0 Å². The van der Waals surface area contributed by atoms with Crippen molar-refractivity contribution in [3.63, 3.8) is 0 Å². The first-order valence-electron chi connectivity index (χ1n) is 9.19. The Kier molecular flexibility index (Phi) is 4.54. The molecular weight excluding hydrogens is 298 g/mol. The highest BCUT2D eigenvalue weighted by Crippen LogP contribution is 2.46. The average Bonchev–Trinajstić information content (AvgIpc) is 3.08. The summed E-state index contributed by atoms with van der Waals surface area (Å²) in [5.41, 5.74) is 3.73. The molecule has 0 saturated carbocycles. The average molecular weight is 326 g/mol. The van der Waals surface area contributed by atoms with Crippen LogP contribution in [0.15, 0.2) is 41.8 Å². The summed E-state index contributed by atoms with van der Waals surface area (Å²) in [6, 6.07) is 13.4. The fourth-order valence-corrected chi connectivity index (χ4v) is 5.65. The molecule has 0 bridgehead atoms. The molecular formula is C21H27NS. The fraction of sp³-hybridized carbons (Fsp3) is 0.524. The number of aryl methyl sites for hydroxylation is 2. The summed E-state index contributed by atoms with van der Waals surface area (Å²) < 4.78 is 0. The second-order valence-electron chi connectivity index (χ2n) is 7.32. The lowest BCUT2D eigenvalue weighted by Gasteiger charge is -2.44. The highest BCUT2D eigenvalue weighted by atomic mass is 32.1. The maximum Gasteiger partial charge on any atom is 0.00828 e. The van der Waals surface area contributed by atoms with E-state index in [1.54, 1.807) is 10.4 Å². The van der Waals surface area contributed by atoms with E-state index in [4.69, 9.17) is 0 Å². The first-order chi connectivity index (χ1) is 11.4. The first-order valence-corrected chi connectivity index (χ1v) is 10.1. The van der Waals surface area contributed by atoms with E-state index in [0.717, 1.165) is 0 Å². The summed E-state index contributed by atoms with van der Waals surface area (Å²) in [4.78, 5) is 4.39. The van der Waals surface area contributed by atoms with Gasteiger partial charge in [0.25, 0.3) is 0 Å². The summed E-state index contributed by atoms with van der Waals surface area (Å²) in [7, 11) is 0. The Labute approximate surface area is 144 Å². The van der Waals surface area contributed by atoms with E-state index in [-0.39, 0.29) is 0 Å². The molecule has 2 aromatic rings. The molecule has 1 nitrogen and oxygen atoms in total. The van der Waals surface area contributed by atoms with Crippen LogP contribution in [0.4, 0.5) is 0 Å². The van der Waals surface area contributed by atoms with Crippen LogP contribution in [0.1, 0.15) is 48.1 Å². The molecule has 23 heavy (non-hydrogen) atoms. The summed E-state index contributed by atoms with van der Waals surface area (Å²) >= 11 is 1.99. The second kappa shape index (κ2) is 6.78. The minimum Gasteiger partial charge on any atom is -0.303 e. The van der Waals surface area contributed by atoms with Gasteiger partial charge in [0.15, 0.2) is 0 Å². The molecule has 0 amide bonds. The number of nitrogens with zero attached hydrogens (tertiary/aromatic N) is 1. The molecule has 1 aromatic heterocycles. The normalized spacial score (nSPS) is 20.5. The summed E-state index contributed by atoms with van der Waals surface area (Å²) in [6.45, 7) is 3.86. The van der Waals surface area contributed by atoms with Crippen LogP contribution in [0.5, 0.6) is 0 Å². The van der Waals surface area contributed by atoms with Crippen LogP contribution in [0, 0.1) is 0 Å². The van der Waals surface area contributed by atoms with E-state index < -0.39 is 0 Å². The number of fused-ring (bicyclic) bond motifs is 2. The van der Waals surface area contributed by atoms with E-state index >= 15 is 0 Å². The van der Waals surface area contributed by atoms with Gasteiger partial charge >= 0.3 is 0 Å². The molecule has 4 rings (SSSR count). The number of benzene rings is 1. The predicted octanol–water partition coefficient (Wildman–Crippen LogP) is 5.05. The summed E-state index contributed by atoms with van der Waals surface area (Å²) in [5, 5.41) is 2.32. The standard InChI is InChI=1S/C21H27NS/c1-2-6-18(7-3-1)8-5-14-22-15-12-21(13-16-22)11-4-9-20-19(21)10-17-23-20/h1-3,6-7,10,17H,4-5,8-9,11-16H2. The van der Waals surface area contributed by atoms with Crippen molar-refractivity contribution in [1.82, 2.24) is 4.90 Å². The molecule has 1 spiro atoms. The molecule has 0 unspecified atom stereocenters. The third kappa shape index (κ3) is 3.25. The summed E-state index contributed by atoms with van der Waals surface area (Å²) in [6.07, 6.45) is 9.42. The minimum absolute atomic E-state index is 0.531. The minimum atomic E-state index is 0.531. The molecule has 2 heteroatoms. The van der Waals surface area contributed by atoms with Crippen molar-refractivity contribution >= 4 is 11.3 Å². The van der Waals surface area contributed by atoms with Crippen LogP contribution in [0.3, 0.4) is 0 Å². The van der Waals surface area contributed by atoms with Crippen molar-refractivity contribution in [1.29, 1.82) is 0 Å². The monoisotopic (exact) mass is 325 g/mol. The first kappa shape index (κ1) is 15.4. The number of hydrogen-bond acceptors (Lipinski definition) is 2. The van der Waals surface area contributed by atoms with E-state index in [0.29, 0.717) is 5.41 Å². The lowest BCUT2D eigenvalue weighted by atomic mass is 9.67. The van der Waals surface area contributed by atoms with Crippen LogP contribution in [0.25, 0.3) is 0 Å². The lowest BCUT2D eigenvalue weighted by Crippen LogP contribution is -2.44. The Morgan fingerprint density at radius 1 is 1.00 bits per heavy atom. The van der Waals surface area contributed by atoms with Gasteiger partial charge in [-0.15, -0.1) is 11.3 Å². The molecule has 1 aromatic carbocycles. The molecule has 0 atom stereocenters. The van der Waals surface area contributed by atoms with Gasteiger partial charge in [-0.1, -0.05) is 30.3 Å². The molecule has 1 aliphatic carbocycles. The number of piperidine rings is 1. The van der Waals surface area contributed by atoms with E-state index in [9.17, 15) is 0 Å². The number of rotatable bonds is 4. The molecule has 0 radical (unpaired) electrons. The van der Waals surface area contributed by atoms with Crippen molar-refractivity contribution in [3.8, 4) is 0 Å². The van der Waals surface area contributed by atoms with Gasteiger partial charge in [0.1, 0.15) is 0 Å². The van der Waals surface area contributed by atoms with Gasteiger partial charge in [0, 0.05) is 4.88 Å². The van der Waals surface area contributed by atoms with Gasteiger partial charge in [0.2, 0.25) is 0 Å². The van der Waals surface area contributed by atoms with Crippen LogP contribution in [-0.2, 0) is 18.3 Å². The molecule has 1 aliphatic heterocycles. The van der Waals surface area contributed by atoms with E-state index in [1.165, 1.54) is 70.1 Å². The summed E-state index contributed by atoms with van der Waals surface area (Å²) in [5.74, 6) is 0. The molecule has 2 heterocycles. The van der Waals surface area contributed by atoms with Gasteiger partial charge in [-0.25, -0.2) is 0 Å². The predicted molar refractivity (Wildman–Crippen MR) is 99.4 cm³/mol. The van der Waals surface area contributed by atoms with Crippen molar-refractivity contribution in [3.05, 3.63) is 57.8 Å². The molecule has 1 fully saturated rings. The van der Waals surface area contributed by atoms with Crippen LogP contribution in [-0.4, -0.2) is 24.5 Å². The van der Waals surface area contributed by atoms with Gasteiger partial charge in [0.05, 0.1) is 0 Å². The Balaban J connectivity index is 1.30. The number of likely N-dealkylation sites (tertiary alicyclic amines) is 1. The Hall–Kier alpha value is -1.12. The van der Waals surface area contributed by atoms with Crippen molar-refractivity contribution < 1.29 is 0 Å². The zero-order valence-corrected chi connectivity index (χ0v) is 14.8. The highest BCUT2D eigenvalue weighted by Gasteiger charge is 2.39. The zero-order chi connectivity index (χ0) is 15.5. The number of thiophene rings is 1. The van der Waals surface area contributed by atoms with Gasteiger partial charge in [-0.05, 0) is 92.6 Å². The Morgan fingerprint density at radius 3 is 2.65 bits per heavy atom. The van der Waals surface area contributed by atoms with Crippen molar-refractivity contribution in [2.45, 2.75) is 50.4 Å². The Bertz CT molecular complexity index is 622. The van der Waals surface area contributed by atoms with E-state index in [1.807, 2.05) is 11.3 Å².